The molecule has 2 nitrogen and oxygen atoms in total. The van der Waals surface area contributed by atoms with Crippen LogP contribution in [0.15, 0.2) is 54.8 Å². The molecule has 0 atom stereocenters. The second kappa shape index (κ2) is 4.23. The zero-order valence-corrected chi connectivity index (χ0v) is 8.70. The molecule has 0 bridgehead atoms. The van der Waals surface area contributed by atoms with Gasteiger partial charge in [0, 0.05) is 11.6 Å². The molecule has 1 aliphatic heterocycles. The van der Waals surface area contributed by atoms with Gasteiger partial charge in [0.05, 0.1) is 0 Å². The predicted molar refractivity (Wildman–Crippen MR) is 59.9 cm³/mol. The van der Waals surface area contributed by atoms with E-state index in [0.717, 1.165) is 5.57 Å². The van der Waals surface area contributed by atoms with E-state index < -0.39 is 0 Å². The van der Waals surface area contributed by atoms with E-state index in [2.05, 4.69) is 13.2 Å². The molecule has 2 rings (SSSR count). The van der Waals surface area contributed by atoms with Gasteiger partial charge in [-0.25, -0.2) is 4.39 Å². The van der Waals surface area contributed by atoms with Crippen molar-refractivity contribution in [2.75, 3.05) is 6.61 Å². The molecule has 1 aromatic carbocycles. The van der Waals surface area contributed by atoms with Crippen molar-refractivity contribution in [2.24, 2.45) is 0 Å². The van der Waals surface area contributed by atoms with Gasteiger partial charge in [-0.3, -0.25) is 0 Å². The van der Waals surface area contributed by atoms with Gasteiger partial charge in [-0.05, 0) is 18.2 Å². The van der Waals surface area contributed by atoms with Crippen molar-refractivity contribution in [2.45, 2.75) is 0 Å². The van der Waals surface area contributed by atoms with Crippen molar-refractivity contribution in [1.29, 1.82) is 0 Å². The van der Waals surface area contributed by atoms with Crippen LogP contribution in [0, 0.1) is 5.82 Å². The van der Waals surface area contributed by atoms with Gasteiger partial charge in [-0.1, -0.05) is 19.2 Å². The first kappa shape index (κ1) is 10.5. The summed E-state index contributed by atoms with van der Waals surface area (Å²) in [6, 6.07) is 4.15. The number of ether oxygens (including phenoxy) is 2. The van der Waals surface area contributed by atoms with Gasteiger partial charge in [-0.15, -0.1) is 0 Å². The van der Waals surface area contributed by atoms with Crippen LogP contribution < -0.4 is 9.47 Å². The first-order chi connectivity index (χ1) is 7.74. The highest BCUT2D eigenvalue weighted by atomic mass is 19.1. The van der Waals surface area contributed by atoms with Crippen molar-refractivity contribution in [3.05, 3.63) is 60.7 Å². The SMILES string of the molecule is C=CC1=C(C=C)Oc2cc(F)ccc2OC1. The van der Waals surface area contributed by atoms with Crippen LogP contribution in [-0.4, -0.2) is 6.61 Å². The summed E-state index contributed by atoms with van der Waals surface area (Å²) in [5.41, 5.74) is 0.784. The molecule has 82 valence electrons. The van der Waals surface area contributed by atoms with Gasteiger partial charge in [0.2, 0.25) is 0 Å². The number of rotatable bonds is 2. The van der Waals surface area contributed by atoms with E-state index >= 15 is 0 Å². The van der Waals surface area contributed by atoms with E-state index in [1.54, 1.807) is 12.2 Å². The Morgan fingerprint density at radius 3 is 2.69 bits per heavy atom. The molecule has 0 aromatic heterocycles. The normalized spacial score (nSPS) is 14.3. The van der Waals surface area contributed by atoms with Crippen molar-refractivity contribution in [3.8, 4) is 11.5 Å². The summed E-state index contributed by atoms with van der Waals surface area (Å²) in [5, 5.41) is 0. The Kier molecular flexibility index (Phi) is 2.77. The molecule has 0 spiro atoms. The topological polar surface area (TPSA) is 18.5 Å². The standard InChI is InChI=1S/C13H11FO2/c1-3-9-8-15-12-6-5-10(14)7-13(12)16-11(9)4-2/h3-7H,1-2,8H2. The second-order valence-electron chi connectivity index (χ2n) is 3.28. The van der Waals surface area contributed by atoms with Crippen LogP contribution in [0.25, 0.3) is 0 Å². The van der Waals surface area contributed by atoms with Crippen molar-refractivity contribution in [1.82, 2.24) is 0 Å². The van der Waals surface area contributed by atoms with E-state index in [-0.39, 0.29) is 5.82 Å². The Bertz CT molecular complexity index is 475. The number of halogens is 1. The van der Waals surface area contributed by atoms with Crippen LogP contribution in [0.4, 0.5) is 4.39 Å². The molecule has 0 saturated heterocycles. The zero-order chi connectivity index (χ0) is 11.5. The Morgan fingerprint density at radius 2 is 2.00 bits per heavy atom. The Morgan fingerprint density at radius 1 is 1.19 bits per heavy atom. The highest BCUT2D eigenvalue weighted by molar-refractivity contribution is 5.45. The minimum Gasteiger partial charge on any atom is -0.485 e. The van der Waals surface area contributed by atoms with Crippen LogP contribution in [0.5, 0.6) is 11.5 Å². The third-order valence-corrected chi connectivity index (χ3v) is 2.26. The number of hydrogen-bond donors (Lipinski definition) is 0. The average molecular weight is 218 g/mol. The lowest BCUT2D eigenvalue weighted by atomic mass is 10.2. The zero-order valence-electron chi connectivity index (χ0n) is 8.70. The lowest BCUT2D eigenvalue weighted by Crippen LogP contribution is -1.99. The molecule has 0 N–H and O–H groups in total. The first-order valence-electron chi connectivity index (χ1n) is 4.83. The summed E-state index contributed by atoms with van der Waals surface area (Å²) in [4.78, 5) is 0. The fourth-order valence-electron chi connectivity index (χ4n) is 1.42. The fourth-order valence-corrected chi connectivity index (χ4v) is 1.42. The van der Waals surface area contributed by atoms with Gasteiger partial charge in [0.15, 0.2) is 11.5 Å². The summed E-state index contributed by atoms with van der Waals surface area (Å²) in [5.74, 6) is 1.04. The van der Waals surface area contributed by atoms with E-state index in [9.17, 15) is 4.39 Å². The maximum atomic E-state index is 13.0. The summed E-state index contributed by atoms with van der Waals surface area (Å²) in [7, 11) is 0. The minimum absolute atomic E-state index is 0.337. The summed E-state index contributed by atoms with van der Waals surface area (Å²) < 4.78 is 24.0. The average Bonchev–Trinajstić information content (AvgIpc) is 2.47. The van der Waals surface area contributed by atoms with Gasteiger partial charge in [-0.2, -0.15) is 0 Å². The molecule has 3 heteroatoms. The molecule has 0 aliphatic carbocycles. The van der Waals surface area contributed by atoms with Crippen LogP contribution in [0.1, 0.15) is 0 Å². The maximum Gasteiger partial charge on any atom is 0.172 e. The molecule has 1 aliphatic rings. The minimum atomic E-state index is -0.368. The molecule has 0 fully saturated rings. The molecule has 0 amide bonds. The summed E-state index contributed by atoms with van der Waals surface area (Å²) in [6.07, 6.45) is 3.19. The van der Waals surface area contributed by atoms with Crippen LogP contribution in [0.2, 0.25) is 0 Å². The Hall–Kier alpha value is -2.03. The van der Waals surface area contributed by atoms with Crippen molar-refractivity contribution >= 4 is 0 Å². The quantitative estimate of drug-likeness (QED) is 0.758. The lowest BCUT2D eigenvalue weighted by molar-refractivity contribution is 0.349. The van der Waals surface area contributed by atoms with E-state index in [4.69, 9.17) is 9.47 Å². The van der Waals surface area contributed by atoms with Crippen molar-refractivity contribution < 1.29 is 13.9 Å². The molecule has 1 aromatic rings. The second-order valence-corrected chi connectivity index (χ2v) is 3.28. The molecular weight excluding hydrogens is 207 g/mol. The van der Waals surface area contributed by atoms with Crippen LogP contribution in [0.3, 0.4) is 0 Å². The monoisotopic (exact) mass is 218 g/mol. The number of hydrogen-bond acceptors (Lipinski definition) is 2. The molecule has 0 radical (unpaired) electrons. The molecule has 1 heterocycles. The highest BCUT2D eigenvalue weighted by Crippen LogP contribution is 2.33. The van der Waals surface area contributed by atoms with Crippen molar-refractivity contribution in [3.63, 3.8) is 0 Å². The van der Waals surface area contributed by atoms with E-state index in [1.807, 2.05) is 0 Å². The van der Waals surface area contributed by atoms with E-state index in [1.165, 1.54) is 18.2 Å². The third kappa shape index (κ3) is 1.84. The van der Waals surface area contributed by atoms with Gasteiger partial charge < -0.3 is 9.47 Å². The maximum absolute atomic E-state index is 13.0. The molecular formula is C13H11FO2. The van der Waals surface area contributed by atoms with Crippen LogP contribution in [-0.2, 0) is 0 Å². The molecule has 0 unspecified atom stereocenters. The number of fused-ring (bicyclic) bond motifs is 1. The third-order valence-electron chi connectivity index (χ3n) is 2.26. The number of benzene rings is 1. The predicted octanol–water partition coefficient (Wildman–Crippen LogP) is 3.22. The summed E-state index contributed by atoms with van der Waals surface area (Å²) >= 11 is 0. The van der Waals surface area contributed by atoms with Gasteiger partial charge >= 0.3 is 0 Å². The largest absolute Gasteiger partial charge is 0.485 e. The van der Waals surface area contributed by atoms with Crippen LogP contribution >= 0.6 is 0 Å². The Labute approximate surface area is 93.3 Å². The first-order valence-corrected chi connectivity index (χ1v) is 4.83. The van der Waals surface area contributed by atoms with E-state index in [0.29, 0.717) is 23.9 Å². The molecule has 0 saturated carbocycles. The Balaban J connectivity index is 2.45. The van der Waals surface area contributed by atoms with Gasteiger partial charge in [0.25, 0.3) is 0 Å². The number of allylic oxidation sites excluding steroid dienone is 1. The highest BCUT2D eigenvalue weighted by Gasteiger charge is 2.15. The smallest absolute Gasteiger partial charge is 0.172 e. The van der Waals surface area contributed by atoms with Gasteiger partial charge in [0.1, 0.15) is 18.2 Å². The summed E-state index contributed by atoms with van der Waals surface area (Å²) in [6.45, 7) is 7.64. The molecule has 16 heavy (non-hydrogen) atoms. The lowest BCUT2D eigenvalue weighted by Gasteiger charge is -2.07. The fraction of sp³-hybridized carbons (Fsp3) is 0.0769.